The number of rotatable bonds is 0. The van der Waals surface area contributed by atoms with Gasteiger partial charge >= 0.3 is 0 Å². The van der Waals surface area contributed by atoms with Gasteiger partial charge in [0.25, 0.3) is 0 Å². The van der Waals surface area contributed by atoms with Gasteiger partial charge in [-0.1, -0.05) is 36.4 Å². The zero-order valence-electron chi connectivity index (χ0n) is 10.8. The van der Waals surface area contributed by atoms with Crippen LogP contribution in [0.5, 0.6) is 0 Å². The van der Waals surface area contributed by atoms with Crippen LogP contribution < -0.4 is 0 Å². The molecular weight excluding hydrogens is 228 g/mol. The first-order valence-electron chi connectivity index (χ1n) is 6.55. The lowest BCUT2D eigenvalue weighted by Gasteiger charge is -2.05. The van der Waals surface area contributed by atoms with Crippen molar-refractivity contribution in [2.75, 3.05) is 0 Å². The molecule has 0 atom stereocenters. The average Bonchev–Trinajstić information content (AvgIpc) is 2.43. The second kappa shape index (κ2) is 3.83. The molecule has 0 unspecified atom stereocenters. The Bertz CT molecular complexity index is 917. The number of hydrogen-bond donors (Lipinski definition) is 0. The summed E-state index contributed by atoms with van der Waals surface area (Å²) in [5.41, 5.74) is 1.19. The fourth-order valence-corrected chi connectivity index (χ4v) is 2.72. The van der Waals surface area contributed by atoms with Crippen molar-refractivity contribution < 1.29 is 0 Å². The lowest BCUT2D eigenvalue weighted by Crippen LogP contribution is -1.80. The Hall–Kier alpha value is -2.34. The second-order valence-electron chi connectivity index (χ2n) is 5.13. The molecule has 19 heavy (non-hydrogen) atoms. The average molecular weight is 241 g/mol. The predicted octanol–water partition coefficient (Wildman–Crippen LogP) is 5.25. The molecular formula is C19H13. The molecule has 0 aromatic heterocycles. The molecule has 4 aromatic rings. The SMILES string of the molecule is Cc1[c]c2cc3cc4ccccc4cc3cc2cc1. The number of fused-ring (bicyclic) bond motifs is 3. The minimum Gasteiger partial charge on any atom is -0.0616 e. The van der Waals surface area contributed by atoms with Gasteiger partial charge in [0.05, 0.1) is 0 Å². The molecule has 0 heterocycles. The zero-order valence-corrected chi connectivity index (χ0v) is 10.8. The maximum absolute atomic E-state index is 3.43. The largest absolute Gasteiger partial charge is 0.0616 e. The predicted molar refractivity (Wildman–Crippen MR) is 82.5 cm³/mol. The first-order valence-corrected chi connectivity index (χ1v) is 6.55. The Morgan fingerprint density at radius 3 is 2.00 bits per heavy atom. The molecule has 0 bridgehead atoms. The molecule has 0 amide bonds. The van der Waals surface area contributed by atoms with E-state index in [1.807, 2.05) is 0 Å². The molecule has 0 saturated heterocycles. The minimum absolute atomic E-state index is 1.19. The Morgan fingerprint density at radius 2 is 1.26 bits per heavy atom. The highest BCUT2D eigenvalue weighted by atomic mass is 14.0. The van der Waals surface area contributed by atoms with E-state index >= 15 is 0 Å². The third kappa shape index (κ3) is 1.68. The molecule has 89 valence electrons. The number of hydrogen-bond acceptors (Lipinski definition) is 0. The normalized spacial score (nSPS) is 11.4. The summed E-state index contributed by atoms with van der Waals surface area (Å²) in [5.74, 6) is 0. The fraction of sp³-hybridized carbons (Fsp3) is 0.0526. The van der Waals surface area contributed by atoms with Gasteiger partial charge in [0, 0.05) is 0 Å². The molecule has 0 nitrogen and oxygen atoms in total. The van der Waals surface area contributed by atoms with Gasteiger partial charge in [-0.2, -0.15) is 0 Å². The molecule has 0 spiro atoms. The van der Waals surface area contributed by atoms with Crippen molar-refractivity contribution in [3.05, 3.63) is 72.3 Å². The van der Waals surface area contributed by atoms with Gasteiger partial charge in [0.15, 0.2) is 0 Å². The van der Waals surface area contributed by atoms with Crippen LogP contribution in [0.3, 0.4) is 0 Å². The second-order valence-corrected chi connectivity index (χ2v) is 5.13. The summed E-state index contributed by atoms with van der Waals surface area (Å²) < 4.78 is 0. The van der Waals surface area contributed by atoms with E-state index in [-0.39, 0.29) is 0 Å². The monoisotopic (exact) mass is 241 g/mol. The van der Waals surface area contributed by atoms with Crippen LogP contribution in [0.1, 0.15) is 5.56 Å². The third-order valence-electron chi connectivity index (χ3n) is 3.72. The van der Waals surface area contributed by atoms with Crippen molar-refractivity contribution in [1.29, 1.82) is 0 Å². The van der Waals surface area contributed by atoms with Crippen molar-refractivity contribution in [3.63, 3.8) is 0 Å². The molecule has 4 aromatic carbocycles. The molecule has 4 rings (SSSR count). The maximum Gasteiger partial charge on any atom is -0.00670 e. The number of aryl methyl sites for hydroxylation is 1. The Morgan fingerprint density at radius 1 is 0.632 bits per heavy atom. The smallest absolute Gasteiger partial charge is 0.00670 e. The van der Waals surface area contributed by atoms with Crippen molar-refractivity contribution in [2.24, 2.45) is 0 Å². The molecule has 0 saturated carbocycles. The highest BCUT2D eigenvalue weighted by Gasteiger charge is 2.01. The van der Waals surface area contributed by atoms with Crippen molar-refractivity contribution in [1.82, 2.24) is 0 Å². The topological polar surface area (TPSA) is 0 Å². The van der Waals surface area contributed by atoms with Crippen LogP contribution in [0.15, 0.2) is 60.7 Å². The van der Waals surface area contributed by atoms with Crippen LogP contribution in [-0.2, 0) is 0 Å². The van der Waals surface area contributed by atoms with Crippen LogP contribution in [0.25, 0.3) is 32.3 Å². The summed E-state index contributed by atoms with van der Waals surface area (Å²) in [5, 5.41) is 7.63. The van der Waals surface area contributed by atoms with E-state index in [0.717, 1.165) is 0 Å². The van der Waals surface area contributed by atoms with E-state index in [1.54, 1.807) is 0 Å². The summed E-state index contributed by atoms with van der Waals surface area (Å²) in [7, 11) is 0. The first-order chi connectivity index (χ1) is 9.29. The van der Waals surface area contributed by atoms with Gasteiger partial charge < -0.3 is 0 Å². The van der Waals surface area contributed by atoms with Gasteiger partial charge in [-0.05, 0) is 75.1 Å². The van der Waals surface area contributed by atoms with Gasteiger partial charge in [0.1, 0.15) is 0 Å². The minimum atomic E-state index is 1.19. The van der Waals surface area contributed by atoms with E-state index < -0.39 is 0 Å². The number of benzene rings is 4. The third-order valence-corrected chi connectivity index (χ3v) is 3.72. The van der Waals surface area contributed by atoms with Gasteiger partial charge in [-0.15, -0.1) is 0 Å². The Labute approximate surface area is 112 Å². The molecule has 0 aliphatic heterocycles. The standard InChI is InChI=1S/C19H13/c1-13-6-7-16-11-18-9-14-4-2-3-5-15(14)10-19(18)12-17(16)8-13/h2-7,9-12H,1H3. The summed E-state index contributed by atoms with van der Waals surface area (Å²) >= 11 is 0. The molecule has 0 heteroatoms. The molecule has 1 radical (unpaired) electrons. The van der Waals surface area contributed by atoms with Crippen LogP contribution in [0.4, 0.5) is 0 Å². The van der Waals surface area contributed by atoms with Gasteiger partial charge in [-0.25, -0.2) is 0 Å². The van der Waals surface area contributed by atoms with Crippen LogP contribution in [0.2, 0.25) is 0 Å². The van der Waals surface area contributed by atoms with Crippen LogP contribution in [-0.4, -0.2) is 0 Å². The lowest BCUT2D eigenvalue weighted by atomic mass is 9.99. The van der Waals surface area contributed by atoms with Crippen molar-refractivity contribution in [2.45, 2.75) is 6.92 Å². The summed E-state index contributed by atoms with van der Waals surface area (Å²) in [4.78, 5) is 0. The molecule has 0 aliphatic rings. The Balaban J connectivity index is 2.16. The van der Waals surface area contributed by atoms with Crippen LogP contribution >= 0.6 is 0 Å². The van der Waals surface area contributed by atoms with E-state index in [1.165, 1.54) is 37.9 Å². The lowest BCUT2D eigenvalue weighted by molar-refractivity contribution is 1.50. The zero-order chi connectivity index (χ0) is 12.8. The molecule has 0 N–H and O–H groups in total. The highest BCUT2D eigenvalue weighted by Crippen LogP contribution is 2.27. The van der Waals surface area contributed by atoms with E-state index in [9.17, 15) is 0 Å². The quantitative estimate of drug-likeness (QED) is 0.369. The van der Waals surface area contributed by atoms with E-state index in [2.05, 4.69) is 73.7 Å². The van der Waals surface area contributed by atoms with Crippen molar-refractivity contribution >= 4 is 32.3 Å². The maximum atomic E-state index is 3.43. The van der Waals surface area contributed by atoms with Gasteiger partial charge in [-0.3, -0.25) is 0 Å². The summed E-state index contributed by atoms with van der Waals surface area (Å²) in [6.45, 7) is 2.09. The van der Waals surface area contributed by atoms with Crippen molar-refractivity contribution in [3.8, 4) is 0 Å². The Kier molecular flexibility index (Phi) is 2.13. The van der Waals surface area contributed by atoms with E-state index in [0.29, 0.717) is 0 Å². The van der Waals surface area contributed by atoms with Gasteiger partial charge in [0.2, 0.25) is 0 Å². The molecule has 0 fully saturated rings. The molecule has 0 aliphatic carbocycles. The van der Waals surface area contributed by atoms with Crippen LogP contribution in [0, 0.1) is 13.0 Å². The fourth-order valence-electron chi connectivity index (χ4n) is 2.72. The summed E-state index contributed by atoms with van der Waals surface area (Å²) in [6, 6.07) is 25.3. The highest BCUT2D eigenvalue weighted by molar-refractivity contribution is 6.04. The first kappa shape index (κ1) is 10.6. The van der Waals surface area contributed by atoms with E-state index in [4.69, 9.17) is 0 Å². The summed E-state index contributed by atoms with van der Waals surface area (Å²) in [6.07, 6.45) is 0.